The summed E-state index contributed by atoms with van der Waals surface area (Å²) in [6.45, 7) is 6.01. The molecule has 3 amide bonds. The molecule has 156 valence electrons. The van der Waals surface area contributed by atoms with E-state index in [0.717, 1.165) is 25.1 Å². The second-order valence-corrected chi connectivity index (χ2v) is 8.60. The molecular weight excluding hydrogens is 374 g/mol. The minimum atomic E-state index is -0.979. The van der Waals surface area contributed by atoms with E-state index in [4.69, 9.17) is 0 Å². The highest BCUT2D eigenvalue weighted by molar-refractivity contribution is 6.07. The largest absolute Gasteiger partial charge is 0.326 e. The van der Waals surface area contributed by atoms with Gasteiger partial charge >= 0.3 is 6.03 Å². The first-order valence-corrected chi connectivity index (χ1v) is 10.7. The molecule has 0 radical (unpaired) electrons. The molecule has 0 saturated carbocycles. The molecule has 2 heterocycles. The van der Waals surface area contributed by atoms with E-state index >= 15 is 0 Å². The first-order valence-electron chi connectivity index (χ1n) is 10.7. The Morgan fingerprint density at radius 2 is 1.67 bits per heavy atom. The van der Waals surface area contributed by atoms with Crippen LogP contribution in [0.3, 0.4) is 0 Å². The van der Waals surface area contributed by atoms with Crippen LogP contribution in [0.2, 0.25) is 0 Å². The van der Waals surface area contributed by atoms with Crippen LogP contribution < -0.4 is 5.32 Å². The lowest BCUT2D eigenvalue weighted by atomic mass is 9.82. The fourth-order valence-electron chi connectivity index (χ4n) is 4.50. The maximum absolute atomic E-state index is 13.5. The van der Waals surface area contributed by atoms with Gasteiger partial charge in [0.15, 0.2) is 0 Å². The molecule has 1 fully saturated rings. The molecular formula is C25H29N3O2. The van der Waals surface area contributed by atoms with E-state index < -0.39 is 5.54 Å². The summed E-state index contributed by atoms with van der Waals surface area (Å²) in [4.78, 5) is 29.9. The van der Waals surface area contributed by atoms with Crippen LogP contribution in [-0.2, 0) is 10.3 Å². The molecule has 1 N–H and O–H groups in total. The van der Waals surface area contributed by atoms with E-state index in [2.05, 4.69) is 42.3 Å². The number of hydrogen-bond acceptors (Lipinski definition) is 3. The molecule has 0 spiro atoms. The Morgan fingerprint density at radius 1 is 1.00 bits per heavy atom. The normalized spacial score (nSPS) is 22.4. The van der Waals surface area contributed by atoms with Crippen LogP contribution in [0.1, 0.15) is 37.8 Å². The van der Waals surface area contributed by atoms with Crippen molar-refractivity contribution in [2.24, 2.45) is 5.92 Å². The van der Waals surface area contributed by atoms with Crippen molar-refractivity contribution in [2.45, 2.75) is 32.2 Å². The molecule has 1 atom stereocenters. The summed E-state index contributed by atoms with van der Waals surface area (Å²) >= 11 is 0. The molecule has 5 heteroatoms. The number of nitrogens with one attached hydrogen (secondary N) is 1. The van der Waals surface area contributed by atoms with Gasteiger partial charge in [-0.1, -0.05) is 80.6 Å². The Morgan fingerprint density at radius 3 is 2.27 bits per heavy atom. The topological polar surface area (TPSA) is 52.7 Å². The molecule has 2 aliphatic heterocycles. The third-order valence-electron chi connectivity index (χ3n) is 5.94. The molecule has 1 saturated heterocycles. The number of carbonyl (C=O) groups excluding carboxylic acids is 2. The van der Waals surface area contributed by atoms with Crippen molar-refractivity contribution in [1.82, 2.24) is 15.1 Å². The lowest BCUT2D eigenvalue weighted by Gasteiger charge is -2.31. The fourth-order valence-corrected chi connectivity index (χ4v) is 4.50. The van der Waals surface area contributed by atoms with E-state index in [1.54, 1.807) is 0 Å². The van der Waals surface area contributed by atoms with Crippen molar-refractivity contribution in [1.29, 1.82) is 0 Å². The van der Waals surface area contributed by atoms with E-state index in [0.29, 0.717) is 13.1 Å². The Bertz CT molecular complexity index is 939. The predicted molar refractivity (Wildman–Crippen MR) is 118 cm³/mol. The second kappa shape index (κ2) is 8.44. The smallest absolute Gasteiger partial charge is 0.319 e. The minimum absolute atomic E-state index is 0.148. The molecule has 2 aromatic rings. The zero-order chi connectivity index (χ0) is 21.1. The van der Waals surface area contributed by atoms with Gasteiger partial charge < -0.3 is 5.32 Å². The Kier molecular flexibility index (Phi) is 5.73. The van der Waals surface area contributed by atoms with Crippen molar-refractivity contribution in [3.8, 4) is 0 Å². The predicted octanol–water partition coefficient (Wildman–Crippen LogP) is 4.23. The van der Waals surface area contributed by atoms with Gasteiger partial charge in [0.05, 0.1) is 6.67 Å². The average Bonchev–Trinajstić information content (AvgIpc) is 3.00. The maximum atomic E-state index is 13.5. The highest BCUT2D eigenvalue weighted by atomic mass is 16.2. The highest BCUT2D eigenvalue weighted by Crippen LogP contribution is 2.35. The van der Waals surface area contributed by atoms with Crippen LogP contribution in [0.5, 0.6) is 0 Å². The maximum Gasteiger partial charge on any atom is 0.326 e. The lowest BCUT2D eigenvalue weighted by molar-refractivity contribution is -0.133. The highest BCUT2D eigenvalue weighted by Gasteiger charge is 2.52. The second-order valence-electron chi connectivity index (χ2n) is 8.60. The summed E-state index contributed by atoms with van der Waals surface area (Å²) in [5.41, 5.74) is 2.44. The third kappa shape index (κ3) is 3.90. The summed E-state index contributed by atoms with van der Waals surface area (Å²) in [5.74, 6) is 0.117. The van der Waals surface area contributed by atoms with E-state index in [9.17, 15) is 9.59 Å². The van der Waals surface area contributed by atoms with Gasteiger partial charge in [0.2, 0.25) is 0 Å². The number of amides is 3. The Labute approximate surface area is 178 Å². The van der Waals surface area contributed by atoms with Gasteiger partial charge in [-0.25, -0.2) is 9.69 Å². The summed E-state index contributed by atoms with van der Waals surface area (Å²) in [5, 5.41) is 3.03. The number of nitrogens with zero attached hydrogens (tertiary/aromatic N) is 2. The molecule has 0 aromatic heterocycles. The number of carbonyl (C=O) groups is 2. The molecule has 0 bridgehead atoms. The number of imide groups is 1. The monoisotopic (exact) mass is 403 g/mol. The number of hydrogen-bond donors (Lipinski definition) is 1. The molecule has 0 aliphatic carbocycles. The molecule has 2 aliphatic rings. The number of benzene rings is 2. The Balaban J connectivity index is 1.51. The first kappa shape index (κ1) is 20.4. The van der Waals surface area contributed by atoms with Crippen molar-refractivity contribution in [3.63, 3.8) is 0 Å². The lowest BCUT2D eigenvalue weighted by Crippen LogP contribution is -2.46. The van der Waals surface area contributed by atoms with Crippen LogP contribution in [0, 0.1) is 5.92 Å². The summed E-state index contributed by atoms with van der Waals surface area (Å²) < 4.78 is 0. The van der Waals surface area contributed by atoms with Gasteiger partial charge in [-0.05, 0) is 35.5 Å². The first-order chi connectivity index (χ1) is 14.5. The van der Waals surface area contributed by atoms with Gasteiger partial charge in [-0.15, -0.1) is 0 Å². The van der Waals surface area contributed by atoms with Gasteiger partial charge in [-0.3, -0.25) is 9.69 Å². The van der Waals surface area contributed by atoms with Crippen molar-refractivity contribution < 1.29 is 9.59 Å². The van der Waals surface area contributed by atoms with Crippen molar-refractivity contribution in [2.75, 3.05) is 19.8 Å². The molecule has 4 rings (SSSR count). The van der Waals surface area contributed by atoms with Crippen LogP contribution in [0.15, 0.2) is 66.7 Å². The van der Waals surface area contributed by atoms with E-state index in [1.165, 1.54) is 16.0 Å². The van der Waals surface area contributed by atoms with Gasteiger partial charge in [0, 0.05) is 13.1 Å². The van der Waals surface area contributed by atoms with Crippen LogP contribution in [0.4, 0.5) is 4.79 Å². The molecule has 0 unspecified atom stereocenters. The molecule has 30 heavy (non-hydrogen) atoms. The van der Waals surface area contributed by atoms with Gasteiger partial charge in [0.25, 0.3) is 5.91 Å². The van der Waals surface area contributed by atoms with E-state index in [-0.39, 0.29) is 17.9 Å². The minimum Gasteiger partial charge on any atom is -0.319 e. The number of urea groups is 1. The Hall–Kier alpha value is -2.92. The van der Waals surface area contributed by atoms with Crippen molar-refractivity contribution >= 4 is 17.5 Å². The van der Waals surface area contributed by atoms with Crippen molar-refractivity contribution in [3.05, 3.63) is 77.9 Å². The molecule has 5 nitrogen and oxygen atoms in total. The van der Waals surface area contributed by atoms with Crippen LogP contribution in [-0.4, -0.2) is 41.5 Å². The van der Waals surface area contributed by atoms with Crippen LogP contribution >= 0.6 is 0 Å². The zero-order valence-electron chi connectivity index (χ0n) is 17.7. The summed E-state index contributed by atoms with van der Waals surface area (Å²) in [7, 11) is 0. The third-order valence-corrected chi connectivity index (χ3v) is 5.94. The standard InChI is InChI=1S/C25H29N3O2/c1-19(2)17-25(22-11-7-4-8-12-22)23(29)28(24(30)26-25)18-27-15-13-21(14-16-27)20-9-5-3-6-10-20/h3-13,19H,14-18H2,1-2H3,(H,26,30)/t25-/m1/s1. The quantitative estimate of drug-likeness (QED) is 0.735. The number of rotatable bonds is 6. The molecule has 2 aromatic carbocycles. The average molecular weight is 404 g/mol. The fraction of sp³-hybridized carbons (Fsp3) is 0.360. The van der Waals surface area contributed by atoms with E-state index in [1.807, 2.05) is 48.5 Å². The van der Waals surface area contributed by atoms with Gasteiger partial charge in [0.1, 0.15) is 5.54 Å². The summed E-state index contributed by atoms with van der Waals surface area (Å²) in [6.07, 6.45) is 3.69. The zero-order valence-corrected chi connectivity index (χ0v) is 17.7. The van der Waals surface area contributed by atoms with Crippen LogP contribution in [0.25, 0.3) is 5.57 Å². The van der Waals surface area contributed by atoms with Gasteiger partial charge in [-0.2, -0.15) is 0 Å². The SMILES string of the molecule is CC(C)C[C@]1(c2ccccc2)NC(=O)N(CN2CC=C(c3ccccc3)CC2)C1=O. The summed E-state index contributed by atoms with van der Waals surface area (Å²) in [6, 6.07) is 19.7.